The fourth-order valence-electron chi connectivity index (χ4n) is 1.30. The monoisotopic (exact) mass is 256 g/mol. The van der Waals surface area contributed by atoms with Gasteiger partial charge in [0.25, 0.3) is 0 Å². The minimum Gasteiger partial charge on any atom is -0.495 e. The molecule has 4 nitrogen and oxygen atoms in total. The van der Waals surface area contributed by atoms with Crippen molar-refractivity contribution in [2.75, 3.05) is 19.5 Å². The van der Waals surface area contributed by atoms with Crippen LogP contribution in [0.25, 0.3) is 0 Å². The van der Waals surface area contributed by atoms with Gasteiger partial charge in [0.1, 0.15) is 5.75 Å². The number of hydrogen-bond donors (Lipinski definition) is 2. The first-order valence-corrected chi connectivity index (χ1v) is 5.69. The number of anilines is 1. The molecule has 1 unspecified atom stereocenters. The van der Waals surface area contributed by atoms with Gasteiger partial charge in [0.2, 0.25) is 5.91 Å². The molecule has 0 saturated carbocycles. The summed E-state index contributed by atoms with van der Waals surface area (Å²) in [6, 6.07) is 3.22. The highest BCUT2D eigenvalue weighted by Gasteiger charge is 2.14. The lowest BCUT2D eigenvalue weighted by atomic mass is 10.2. The molecule has 1 aromatic rings. The van der Waals surface area contributed by atoms with Gasteiger partial charge < -0.3 is 15.4 Å². The molecule has 1 rings (SSSR count). The average Bonchev–Trinajstić information content (AvgIpc) is 2.32. The van der Waals surface area contributed by atoms with Gasteiger partial charge in [0.15, 0.2) is 0 Å². The highest BCUT2D eigenvalue weighted by molar-refractivity contribution is 6.31. The summed E-state index contributed by atoms with van der Waals surface area (Å²) in [5.74, 6) is 0.435. The largest absolute Gasteiger partial charge is 0.495 e. The van der Waals surface area contributed by atoms with Crippen LogP contribution in [0, 0.1) is 6.92 Å². The fourth-order valence-corrected chi connectivity index (χ4v) is 1.46. The molecular weight excluding hydrogens is 240 g/mol. The van der Waals surface area contributed by atoms with Crippen molar-refractivity contribution in [2.45, 2.75) is 19.9 Å². The Morgan fingerprint density at radius 2 is 2.12 bits per heavy atom. The van der Waals surface area contributed by atoms with Crippen LogP contribution in [0.3, 0.4) is 0 Å². The number of benzene rings is 1. The van der Waals surface area contributed by atoms with Crippen molar-refractivity contribution >= 4 is 23.2 Å². The van der Waals surface area contributed by atoms with Gasteiger partial charge in [-0.3, -0.25) is 4.79 Å². The van der Waals surface area contributed by atoms with Crippen LogP contribution in [0.2, 0.25) is 5.02 Å². The molecule has 5 heteroatoms. The van der Waals surface area contributed by atoms with Crippen LogP contribution in [-0.2, 0) is 4.79 Å². The molecule has 0 radical (unpaired) electrons. The van der Waals surface area contributed by atoms with Crippen molar-refractivity contribution in [3.05, 3.63) is 22.7 Å². The Labute approximate surface area is 106 Å². The zero-order valence-corrected chi connectivity index (χ0v) is 11.2. The topological polar surface area (TPSA) is 50.4 Å². The molecule has 1 aromatic carbocycles. The van der Waals surface area contributed by atoms with E-state index < -0.39 is 0 Å². The van der Waals surface area contributed by atoms with Gasteiger partial charge in [-0.25, -0.2) is 0 Å². The van der Waals surface area contributed by atoms with E-state index in [9.17, 15) is 4.79 Å². The zero-order chi connectivity index (χ0) is 13.0. The van der Waals surface area contributed by atoms with E-state index in [0.29, 0.717) is 16.5 Å². The quantitative estimate of drug-likeness (QED) is 0.868. The first-order chi connectivity index (χ1) is 7.99. The molecule has 94 valence electrons. The third kappa shape index (κ3) is 3.35. The number of methoxy groups -OCH3 is 1. The molecule has 0 aromatic heterocycles. The second kappa shape index (κ2) is 5.89. The smallest absolute Gasteiger partial charge is 0.241 e. The summed E-state index contributed by atoms with van der Waals surface area (Å²) in [5, 5.41) is 6.28. The standard InChI is InChI=1S/C12H17ClN2O2/c1-7-5-10(11(17-4)6-9(7)13)15-12(16)8(2)14-3/h5-6,8,14H,1-4H3,(H,15,16). The molecule has 0 spiro atoms. The molecule has 0 aliphatic rings. The van der Waals surface area contributed by atoms with E-state index in [0.717, 1.165) is 5.56 Å². The minimum absolute atomic E-state index is 0.118. The van der Waals surface area contributed by atoms with Gasteiger partial charge in [0, 0.05) is 11.1 Å². The molecule has 17 heavy (non-hydrogen) atoms. The minimum atomic E-state index is -0.268. The SMILES string of the molecule is CNC(C)C(=O)Nc1cc(C)c(Cl)cc1OC. The first-order valence-electron chi connectivity index (χ1n) is 5.31. The maximum Gasteiger partial charge on any atom is 0.241 e. The van der Waals surface area contributed by atoms with Crippen molar-refractivity contribution in [1.82, 2.24) is 5.32 Å². The van der Waals surface area contributed by atoms with E-state index in [4.69, 9.17) is 16.3 Å². The van der Waals surface area contributed by atoms with Gasteiger partial charge >= 0.3 is 0 Å². The summed E-state index contributed by atoms with van der Waals surface area (Å²) in [6.07, 6.45) is 0. The zero-order valence-electron chi connectivity index (χ0n) is 10.4. The Balaban J connectivity index is 2.97. The lowest BCUT2D eigenvalue weighted by Gasteiger charge is -2.15. The second-order valence-corrected chi connectivity index (χ2v) is 4.21. The molecule has 0 aliphatic carbocycles. The Kier molecular flexibility index (Phi) is 4.78. The summed E-state index contributed by atoms with van der Waals surface area (Å²) in [6.45, 7) is 3.66. The van der Waals surface area contributed by atoms with Gasteiger partial charge in [-0.1, -0.05) is 11.6 Å². The van der Waals surface area contributed by atoms with Crippen LogP contribution in [0.15, 0.2) is 12.1 Å². The van der Waals surface area contributed by atoms with Gasteiger partial charge in [-0.15, -0.1) is 0 Å². The number of halogens is 1. The van der Waals surface area contributed by atoms with E-state index >= 15 is 0 Å². The molecule has 0 aliphatic heterocycles. The third-order valence-corrected chi connectivity index (χ3v) is 2.97. The molecular formula is C12H17ClN2O2. The number of carbonyl (C=O) groups excluding carboxylic acids is 1. The number of nitrogens with one attached hydrogen (secondary N) is 2. The summed E-state index contributed by atoms with van der Waals surface area (Å²) in [7, 11) is 3.27. The predicted octanol–water partition coefficient (Wildman–Crippen LogP) is 2.20. The highest BCUT2D eigenvalue weighted by Crippen LogP contribution is 2.30. The van der Waals surface area contributed by atoms with Gasteiger partial charge in [0.05, 0.1) is 18.8 Å². The van der Waals surface area contributed by atoms with Gasteiger partial charge in [-0.2, -0.15) is 0 Å². The summed E-state index contributed by atoms with van der Waals surface area (Å²) < 4.78 is 5.18. The van der Waals surface area contributed by atoms with Crippen LogP contribution in [0.1, 0.15) is 12.5 Å². The molecule has 2 N–H and O–H groups in total. The number of ether oxygens (including phenoxy) is 1. The van der Waals surface area contributed by atoms with Crippen molar-refractivity contribution in [1.29, 1.82) is 0 Å². The van der Waals surface area contributed by atoms with Crippen LogP contribution in [0.5, 0.6) is 5.75 Å². The summed E-state index contributed by atoms with van der Waals surface area (Å²) in [4.78, 5) is 11.7. The molecule has 0 saturated heterocycles. The van der Waals surface area contributed by atoms with Crippen molar-refractivity contribution in [2.24, 2.45) is 0 Å². The number of rotatable bonds is 4. The Morgan fingerprint density at radius 3 is 2.65 bits per heavy atom. The van der Waals surface area contributed by atoms with Crippen LogP contribution >= 0.6 is 11.6 Å². The number of aryl methyl sites for hydroxylation is 1. The molecule has 0 fully saturated rings. The first kappa shape index (κ1) is 13.8. The Morgan fingerprint density at radius 1 is 1.47 bits per heavy atom. The van der Waals surface area contributed by atoms with E-state index in [2.05, 4.69) is 10.6 Å². The second-order valence-electron chi connectivity index (χ2n) is 3.80. The molecule has 0 bridgehead atoms. The maximum atomic E-state index is 11.7. The molecule has 1 amide bonds. The number of hydrogen-bond acceptors (Lipinski definition) is 3. The molecule has 0 heterocycles. The Hall–Kier alpha value is -1.26. The summed E-state index contributed by atoms with van der Waals surface area (Å²) in [5.41, 5.74) is 1.52. The molecule has 1 atom stereocenters. The third-order valence-electron chi connectivity index (χ3n) is 2.56. The van der Waals surface area contributed by atoms with Crippen molar-refractivity contribution in [3.8, 4) is 5.75 Å². The normalized spacial score (nSPS) is 12.1. The maximum absolute atomic E-state index is 11.7. The predicted molar refractivity (Wildman–Crippen MR) is 69.9 cm³/mol. The number of carbonyl (C=O) groups is 1. The summed E-state index contributed by atoms with van der Waals surface area (Å²) >= 11 is 5.99. The van der Waals surface area contributed by atoms with Crippen molar-refractivity contribution in [3.63, 3.8) is 0 Å². The van der Waals surface area contributed by atoms with E-state index in [1.807, 2.05) is 6.92 Å². The fraction of sp³-hybridized carbons (Fsp3) is 0.417. The Bertz CT molecular complexity index is 421. The van der Waals surface area contributed by atoms with E-state index in [1.54, 1.807) is 26.1 Å². The average molecular weight is 257 g/mol. The highest BCUT2D eigenvalue weighted by atomic mass is 35.5. The van der Waals surface area contributed by atoms with Gasteiger partial charge in [-0.05, 0) is 32.5 Å². The van der Waals surface area contributed by atoms with E-state index in [-0.39, 0.29) is 11.9 Å². The van der Waals surface area contributed by atoms with Crippen LogP contribution in [-0.4, -0.2) is 26.1 Å². The van der Waals surface area contributed by atoms with Crippen LogP contribution in [0.4, 0.5) is 5.69 Å². The lowest BCUT2D eigenvalue weighted by Crippen LogP contribution is -2.35. The number of likely N-dealkylation sites (N-methyl/N-ethyl adjacent to an activating group) is 1. The number of amides is 1. The van der Waals surface area contributed by atoms with Crippen molar-refractivity contribution < 1.29 is 9.53 Å². The van der Waals surface area contributed by atoms with E-state index in [1.165, 1.54) is 7.11 Å². The lowest BCUT2D eigenvalue weighted by molar-refractivity contribution is -0.117. The van der Waals surface area contributed by atoms with Crippen LogP contribution < -0.4 is 15.4 Å².